The molecule has 3 amide bonds. The Kier molecular flexibility index (Phi) is 2.62. The third-order valence-electron chi connectivity index (χ3n) is 3.31. The molecule has 2 heterocycles. The Morgan fingerprint density at radius 2 is 2.05 bits per heavy atom. The minimum Gasteiger partial charge on any atom is -0.493 e. The van der Waals surface area contributed by atoms with Gasteiger partial charge in [-0.05, 0) is 18.2 Å². The molecule has 5 nitrogen and oxygen atoms in total. The van der Waals surface area contributed by atoms with E-state index in [0.29, 0.717) is 14.6 Å². The van der Waals surface area contributed by atoms with E-state index in [2.05, 4.69) is 0 Å². The maximum atomic E-state index is 13.4. The molecule has 3 rings (SSSR count). The van der Waals surface area contributed by atoms with Crippen LogP contribution in [0.15, 0.2) is 18.2 Å². The van der Waals surface area contributed by atoms with Crippen molar-refractivity contribution in [2.75, 3.05) is 6.61 Å². The Labute approximate surface area is 117 Å². The Morgan fingerprint density at radius 1 is 1.32 bits per heavy atom. The van der Waals surface area contributed by atoms with Crippen LogP contribution >= 0.6 is 23.6 Å². The molecule has 1 saturated heterocycles. The van der Waals surface area contributed by atoms with Crippen LogP contribution in [0.3, 0.4) is 0 Å². The van der Waals surface area contributed by atoms with Gasteiger partial charge in [0.1, 0.15) is 11.6 Å². The highest BCUT2D eigenvalue weighted by atomic mass is 35.5. The lowest BCUT2D eigenvalue weighted by Gasteiger charge is -2.35. The predicted octanol–water partition coefficient (Wildman–Crippen LogP) is 2.38. The summed E-state index contributed by atoms with van der Waals surface area (Å²) in [5, 5.41) is 0. The average molecular weight is 305 g/mol. The minimum absolute atomic E-state index is 0.112. The number of fused-ring (bicyclic) bond motifs is 2. The Balaban J connectivity index is 2.25. The van der Waals surface area contributed by atoms with E-state index in [0.717, 1.165) is 6.07 Å². The van der Waals surface area contributed by atoms with Gasteiger partial charge in [-0.3, -0.25) is 4.79 Å². The standard InChI is InChI=1S/C11H7Cl2FN2O3/c12-15-9(17)11(16(13)10(15)18)3-4-19-8-2-1-6(14)5-7(8)11/h1-2,5H,3-4H2. The lowest BCUT2D eigenvalue weighted by molar-refractivity contribution is -0.130. The molecule has 1 unspecified atom stereocenters. The molecule has 0 aromatic heterocycles. The van der Waals surface area contributed by atoms with E-state index >= 15 is 0 Å². The van der Waals surface area contributed by atoms with E-state index in [9.17, 15) is 14.0 Å². The third-order valence-corrected chi connectivity index (χ3v) is 4.04. The smallest absolute Gasteiger partial charge is 0.357 e. The number of ether oxygens (including phenoxy) is 1. The molecule has 0 bridgehead atoms. The number of amides is 3. The first-order valence-corrected chi connectivity index (χ1v) is 6.09. The number of carbonyl (C=O) groups is 2. The summed E-state index contributed by atoms with van der Waals surface area (Å²) in [6, 6.07) is 2.87. The molecule has 0 radical (unpaired) electrons. The van der Waals surface area contributed by atoms with E-state index in [1.165, 1.54) is 12.1 Å². The van der Waals surface area contributed by atoms with Crippen LogP contribution in [0.5, 0.6) is 5.75 Å². The van der Waals surface area contributed by atoms with Crippen LogP contribution in [0.4, 0.5) is 9.18 Å². The number of urea groups is 1. The SMILES string of the molecule is O=C1N(Cl)C(=O)C2(CCOc3ccc(F)cc32)N1Cl. The Morgan fingerprint density at radius 3 is 2.68 bits per heavy atom. The fraction of sp³-hybridized carbons (Fsp3) is 0.273. The van der Waals surface area contributed by atoms with Crippen molar-refractivity contribution >= 4 is 35.5 Å². The van der Waals surface area contributed by atoms with Gasteiger partial charge in [0.05, 0.1) is 6.61 Å². The number of rotatable bonds is 0. The second-order valence-corrected chi connectivity index (χ2v) is 4.92. The van der Waals surface area contributed by atoms with E-state index in [1.807, 2.05) is 0 Å². The van der Waals surface area contributed by atoms with Gasteiger partial charge in [0, 0.05) is 35.5 Å². The number of benzene rings is 1. The summed E-state index contributed by atoms with van der Waals surface area (Å²) < 4.78 is 19.9. The molecular formula is C11H7Cl2FN2O3. The van der Waals surface area contributed by atoms with Gasteiger partial charge >= 0.3 is 6.03 Å². The van der Waals surface area contributed by atoms with Gasteiger partial charge in [-0.25, -0.2) is 13.6 Å². The second kappa shape index (κ2) is 3.98. The number of hydrogen-bond acceptors (Lipinski definition) is 3. The fourth-order valence-corrected chi connectivity index (χ4v) is 2.97. The molecule has 1 atom stereocenters. The summed E-state index contributed by atoms with van der Waals surface area (Å²) in [7, 11) is 0. The molecule has 1 aromatic rings. The number of nitrogens with zero attached hydrogens (tertiary/aromatic N) is 2. The number of hydrogen-bond donors (Lipinski definition) is 0. The maximum absolute atomic E-state index is 13.4. The van der Waals surface area contributed by atoms with Crippen LogP contribution in [-0.4, -0.2) is 27.4 Å². The van der Waals surface area contributed by atoms with Crippen LogP contribution in [0.25, 0.3) is 0 Å². The van der Waals surface area contributed by atoms with Crippen LogP contribution < -0.4 is 4.74 Å². The molecule has 8 heteroatoms. The first kappa shape index (κ1) is 12.5. The number of carbonyl (C=O) groups excluding carboxylic acids is 2. The van der Waals surface area contributed by atoms with Gasteiger partial charge in [0.2, 0.25) is 0 Å². The van der Waals surface area contributed by atoms with Crippen molar-refractivity contribution < 1.29 is 18.7 Å². The quantitative estimate of drug-likeness (QED) is 0.546. The molecule has 1 spiro atoms. The molecule has 1 aromatic carbocycles. The van der Waals surface area contributed by atoms with Crippen LogP contribution in [0.1, 0.15) is 12.0 Å². The van der Waals surface area contributed by atoms with E-state index in [-0.39, 0.29) is 18.6 Å². The normalized spacial score (nSPS) is 25.8. The first-order chi connectivity index (χ1) is 8.98. The molecule has 0 aliphatic carbocycles. The monoisotopic (exact) mass is 304 g/mol. The van der Waals surface area contributed by atoms with E-state index < -0.39 is 23.3 Å². The van der Waals surface area contributed by atoms with Crippen molar-refractivity contribution in [1.29, 1.82) is 0 Å². The van der Waals surface area contributed by atoms with Crippen molar-refractivity contribution in [3.63, 3.8) is 0 Å². The Hall–Kier alpha value is -1.53. The largest absolute Gasteiger partial charge is 0.493 e. The zero-order chi connectivity index (χ0) is 13.8. The van der Waals surface area contributed by atoms with E-state index in [4.69, 9.17) is 28.3 Å². The van der Waals surface area contributed by atoms with Crippen molar-refractivity contribution in [3.8, 4) is 5.75 Å². The van der Waals surface area contributed by atoms with Crippen LogP contribution in [0.2, 0.25) is 0 Å². The highest BCUT2D eigenvalue weighted by Gasteiger charge is 2.60. The molecule has 2 aliphatic heterocycles. The van der Waals surface area contributed by atoms with Crippen LogP contribution in [-0.2, 0) is 10.3 Å². The molecule has 19 heavy (non-hydrogen) atoms. The molecule has 100 valence electrons. The van der Waals surface area contributed by atoms with Gasteiger partial charge in [-0.15, -0.1) is 0 Å². The van der Waals surface area contributed by atoms with Gasteiger partial charge in [0.25, 0.3) is 5.91 Å². The van der Waals surface area contributed by atoms with E-state index in [1.54, 1.807) is 0 Å². The number of imide groups is 1. The average Bonchev–Trinajstić information content (AvgIpc) is 2.57. The fourth-order valence-electron chi connectivity index (χ4n) is 2.39. The summed E-state index contributed by atoms with van der Waals surface area (Å²) in [5.74, 6) is -0.947. The van der Waals surface area contributed by atoms with Crippen molar-refractivity contribution in [2.24, 2.45) is 0 Å². The second-order valence-electron chi connectivity index (χ2n) is 4.25. The lowest BCUT2D eigenvalue weighted by atomic mass is 9.84. The van der Waals surface area contributed by atoms with Crippen molar-refractivity contribution in [1.82, 2.24) is 8.84 Å². The highest BCUT2D eigenvalue weighted by Crippen LogP contribution is 2.48. The summed E-state index contributed by atoms with van der Waals surface area (Å²) in [6.07, 6.45) is 0.112. The lowest BCUT2D eigenvalue weighted by Crippen LogP contribution is -2.46. The summed E-state index contributed by atoms with van der Waals surface area (Å²) in [6.45, 7) is 0.172. The summed E-state index contributed by atoms with van der Waals surface area (Å²) >= 11 is 11.5. The Bertz CT molecular complexity index is 597. The third kappa shape index (κ3) is 1.47. The first-order valence-electron chi connectivity index (χ1n) is 5.41. The van der Waals surface area contributed by atoms with Crippen molar-refractivity contribution in [2.45, 2.75) is 12.0 Å². The summed E-state index contributed by atoms with van der Waals surface area (Å²) in [4.78, 5) is 24.0. The van der Waals surface area contributed by atoms with Crippen molar-refractivity contribution in [3.05, 3.63) is 29.6 Å². The van der Waals surface area contributed by atoms with Gasteiger partial charge < -0.3 is 4.74 Å². The zero-order valence-corrected chi connectivity index (χ0v) is 10.9. The topological polar surface area (TPSA) is 49.9 Å². The minimum atomic E-state index is -1.50. The summed E-state index contributed by atoms with van der Waals surface area (Å²) in [5.41, 5.74) is -1.30. The molecule has 0 N–H and O–H groups in total. The highest BCUT2D eigenvalue weighted by molar-refractivity contribution is 6.39. The van der Waals surface area contributed by atoms with Gasteiger partial charge in [0.15, 0.2) is 5.54 Å². The maximum Gasteiger partial charge on any atom is 0.357 e. The van der Waals surface area contributed by atoms with Crippen LogP contribution in [0, 0.1) is 5.82 Å². The zero-order valence-electron chi connectivity index (χ0n) is 9.40. The molecule has 0 saturated carbocycles. The predicted molar refractivity (Wildman–Crippen MR) is 64.0 cm³/mol. The van der Waals surface area contributed by atoms with Gasteiger partial charge in [-0.1, -0.05) is 0 Å². The number of halogens is 3. The molecule has 1 fully saturated rings. The molecular weight excluding hydrogens is 298 g/mol. The van der Waals surface area contributed by atoms with Gasteiger partial charge in [-0.2, -0.15) is 4.42 Å². The molecule has 2 aliphatic rings.